The molecule has 0 bridgehead atoms. The van der Waals surface area contributed by atoms with Crippen molar-refractivity contribution >= 4 is 29.2 Å². The molecule has 0 saturated carbocycles. The van der Waals surface area contributed by atoms with Crippen molar-refractivity contribution in [3.8, 4) is 0 Å². The molecule has 2 rings (SSSR count). The molecule has 0 saturated heterocycles. The fourth-order valence-electron chi connectivity index (χ4n) is 2.18. The van der Waals surface area contributed by atoms with Gasteiger partial charge in [0.15, 0.2) is 0 Å². The van der Waals surface area contributed by atoms with Gasteiger partial charge in [0, 0.05) is 0 Å². The Balaban J connectivity index is 2.03. The first kappa shape index (κ1) is 13.8. The van der Waals surface area contributed by atoms with Gasteiger partial charge in [0.1, 0.15) is 0 Å². The second-order valence-corrected chi connectivity index (χ2v) is 8.07. The number of benzene rings is 1. The Morgan fingerprint density at radius 3 is 2.67 bits per heavy atom. The molecule has 1 aromatic carbocycles. The molecule has 2 aromatic rings. The van der Waals surface area contributed by atoms with E-state index in [9.17, 15) is 4.79 Å². The molecule has 18 heavy (non-hydrogen) atoms. The van der Waals surface area contributed by atoms with Crippen molar-refractivity contribution in [2.45, 2.75) is 45.4 Å². The molecule has 0 unspecified atom stereocenters. The van der Waals surface area contributed by atoms with Gasteiger partial charge in [-0.25, -0.2) is 0 Å². The molecule has 0 aliphatic rings. The molecule has 96 valence electrons. The van der Waals surface area contributed by atoms with E-state index >= 15 is 0 Å². The van der Waals surface area contributed by atoms with Crippen molar-refractivity contribution in [1.82, 2.24) is 0 Å². The van der Waals surface area contributed by atoms with Gasteiger partial charge in [0.05, 0.1) is 0 Å². The molecule has 0 aliphatic heterocycles. The van der Waals surface area contributed by atoms with Crippen LogP contribution in [0.3, 0.4) is 0 Å². The summed E-state index contributed by atoms with van der Waals surface area (Å²) in [6.45, 7) is 2.24. The van der Waals surface area contributed by atoms with Gasteiger partial charge in [-0.15, -0.1) is 0 Å². The SMILES string of the molecule is CCCCCCCc1cc(=O)c2ccccc2[te]1. The number of unbranched alkanes of at least 4 members (excludes halogenated alkanes) is 4. The van der Waals surface area contributed by atoms with Crippen LogP contribution < -0.4 is 5.43 Å². The summed E-state index contributed by atoms with van der Waals surface area (Å²) in [6, 6.07) is 10.1. The zero-order valence-corrected chi connectivity index (χ0v) is 13.3. The van der Waals surface area contributed by atoms with E-state index in [1.54, 1.807) is 0 Å². The van der Waals surface area contributed by atoms with Crippen LogP contribution in [0.2, 0.25) is 0 Å². The van der Waals surface area contributed by atoms with Crippen LogP contribution in [0.25, 0.3) is 8.79 Å². The Hall–Kier alpha value is -0.580. The van der Waals surface area contributed by atoms with Crippen LogP contribution in [0.1, 0.15) is 42.6 Å². The standard InChI is InChI=1S/C16H20OTe/c1-2-3-4-5-6-9-13-12-15(17)14-10-7-8-11-16(14)18-13/h7-8,10-12H,2-6,9H2,1H3. The minimum atomic E-state index is -0.275. The third kappa shape index (κ3) is 3.70. The van der Waals surface area contributed by atoms with Crippen molar-refractivity contribution in [1.29, 1.82) is 0 Å². The maximum atomic E-state index is 12.0. The predicted octanol–water partition coefficient (Wildman–Crippen LogP) is 3.77. The normalized spacial score (nSPS) is 10.9. The van der Waals surface area contributed by atoms with E-state index in [0.717, 1.165) is 11.8 Å². The van der Waals surface area contributed by atoms with E-state index in [4.69, 9.17) is 0 Å². The number of hydrogen-bond acceptors (Lipinski definition) is 1. The van der Waals surface area contributed by atoms with Gasteiger partial charge in [-0.2, -0.15) is 0 Å². The molecule has 0 radical (unpaired) electrons. The third-order valence-corrected chi connectivity index (χ3v) is 6.52. The summed E-state index contributed by atoms with van der Waals surface area (Å²) in [7, 11) is 0. The molecule has 1 nitrogen and oxygen atoms in total. The molecule has 0 amide bonds. The van der Waals surface area contributed by atoms with E-state index in [1.807, 2.05) is 18.2 Å². The zero-order valence-electron chi connectivity index (χ0n) is 10.9. The van der Waals surface area contributed by atoms with Gasteiger partial charge in [0.2, 0.25) is 0 Å². The van der Waals surface area contributed by atoms with Gasteiger partial charge in [-0.3, -0.25) is 0 Å². The fourth-order valence-corrected chi connectivity index (χ4v) is 5.38. The van der Waals surface area contributed by atoms with Crippen molar-refractivity contribution in [3.63, 3.8) is 0 Å². The quantitative estimate of drug-likeness (QED) is 0.569. The van der Waals surface area contributed by atoms with Crippen molar-refractivity contribution in [2.24, 2.45) is 0 Å². The maximum absolute atomic E-state index is 12.0. The van der Waals surface area contributed by atoms with Crippen LogP contribution in [0.15, 0.2) is 35.1 Å². The van der Waals surface area contributed by atoms with E-state index in [0.29, 0.717) is 0 Å². The second-order valence-electron chi connectivity index (χ2n) is 4.74. The second kappa shape index (κ2) is 7.12. The minimum absolute atomic E-state index is 0.227. The van der Waals surface area contributed by atoms with Crippen LogP contribution >= 0.6 is 0 Å². The summed E-state index contributed by atoms with van der Waals surface area (Å²) in [5.74, 6) is 0. The number of hydrogen-bond donors (Lipinski definition) is 0. The molecular weight excluding hydrogens is 336 g/mol. The monoisotopic (exact) mass is 358 g/mol. The summed E-state index contributed by atoms with van der Waals surface area (Å²) in [4.78, 5) is 12.0. The van der Waals surface area contributed by atoms with E-state index in [2.05, 4.69) is 19.1 Å². The molecule has 2 heteroatoms. The molecule has 0 aliphatic carbocycles. The zero-order chi connectivity index (χ0) is 12.8. The summed E-state index contributed by atoms with van der Waals surface area (Å²) in [5, 5.41) is 0.953. The summed E-state index contributed by atoms with van der Waals surface area (Å²) < 4.78 is 2.78. The van der Waals surface area contributed by atoms with E-state index in [-0.39, 0.29) is 25.9 Å². The summed E-state index contributed by atoms with van der Waals surface area (Å²) in [6.07, 6.45) is 7.70. The van der Waals surface area contributed by atoms with Gasteiger partial charge in [0.25, 0.3) is 0 Å². The summed E-state index contributed by atoms with van der Waals surface area (Å²) >= 11 is -0.275. The molecule has 0 spiro atoms. The first-order chi connectivity index (χ1) is 8.81. The average Bonchev–Trinajstić information content (AvgIpc) is 2.39. The Bertz CT molecular complexity index is 556. The van der Waals surface area contributed by atoms with Gasteiger partial charge in [-0.05, 0) is 0 Å². The summed E-state index contributed by atoms with van der Waals surface area (Å²) in [5.41, 5.74) is 0.227. The number of fused-ring (bicyclic) bond motifs is 1. The van der Waals surface area contributed by atoms with E-state index in [1.165, 1.54) is 39.1 Å². The third-order valence-electron chi connectivity index (χ3n) is 3.21. The molecule has 1 aromatic heterocycles. The van der Waals surface area contributed by atoms with Gasteiger partial charge >= 0.3 is 119 Å². The predicted molar refractivity (Wildman–Crippen MR) is 79.6 cm³/mol. The topological polar surface area (TPSA) is 17.1 Å². The number of aryl methyl sites for hydroxylation is 1. The Labute approximate surface area is 118 Å². The Morgan fingerprint density at radius 2 is 1.83 bits per heavy atom. The van der Waals surface area contributed by atoms with Crippen LogP contribution in [-0.2, 0) is 6.42 Å². The molecule has 0 N–H and O–H groups in total. The fraction of sp³-hybridized carbons (Fsp3) is 0.438. The van der Waals surface area contributed by atoms with Crippen LogP contribution in [0.5, 0.6) is 0 Å². The molecular formula is C16H20OTe. The molecule has 1 heterocycles. The van der Waals surface area contributed by atoms with E-state index < -0.39 is 0 Å². The van der Waals surface area contributed by atoms with Crippen molar-refractivity contribution in [2.75, 3.05) is 0 Å². The van der Waals surface area contributed by atoms with Gasteiger partial charge < -0.3 is 0 Å². The van der Waals surface area contributed by atoms with Crippen LogP contribution in [0.4, 0.5) is 0 Å². The molecule has 0 fully saturated rings. The Morgan fingerprint density at radius 1 is 1.06 bits per heavy atom. The average molecular weight is 356 g/mol. The number of rotatable bonds is 6. The van der Waals surface area contributed by atoms with Crippen LogP contribution in [-0.4, -0.2) is 20.4 Å². The first-order valence-electron chi connectivity index (χ1n) is 6.83. The Kier molecular flexibility index (Phi) is 5.47. The first-order valence-corrected chi connectivity index (χ1v) is 9.16. The molecule has 0 atom stereocenters. The van der Waals surface area contributed by atoms with Crippen LogP contribution in [0, 0.1) is 0 Å². The van der Waals surface area contributed by atoms with Crippen molar-refractivity contribution in [3.05, 3.63) is 44.1 Å². The van der Waals surface area contributed by atoms with Gasteiger partial charge in [-0.1, -0.05) is 0 Å². The van der Waals surface area contributed by atoms with Crippen molar-refractivity contribution < 1.29 is 0 Å².